The van der Waals surface area contributed by atoms with E-state index in [0.717, 1.165) is 29.5 Å². The number of hydrogen-bond acceptors (Lipinski definition) is 6. The summed E-state index contributed by atoms with van der Waals surface area (Å²) >= 11 is 6.61. The number of benzene rings is 1. The maximum Gasteiger partial charge on any atom is 0.296 e. The molecular weight excluding hydrogens is 485 g/mol. The van der Waals surface area contributed by atoms with Crippen LogP contribution in [-0.2, 0) is 27.1 Å². The van der Waals surface area contributed by atoms with Gasteiger partial charge in [-0.15, -0.1) is 0 Å². The van der Waals surface area contributed by atoms with Crippen molar-refractivity contribution < 1.29 is 23.3 Å². The number of aryl methyl sites for hydroxylation is 1. The summed E-state index contributed by atoms with van der Waals surface area (Å²) in [4.78, 5) is 12.4. The predicted octanol–water partition coefficient (Wildman–Crippen LogP) is 4.86. The zero-order chi connectivity index (χ0) is 24.8. The van der Waals surface area contributed by atoms with Gasteiger partial charge in [0.1, 0.15) is 11.9 Å². The molecule has 190 valence electrons. The molecular formula is C27H29ClFN3O4. The van der Waals surface area contributed by atoms with Crippen LogP contribution in [0.15, 0.2) is 24.3 Å². The fraction of sp³-hybridized carbons (Fsp3) is 0.481. The summed E-state index contributed by atoms with van der Waals surface area (Å²) in [6.45, 7) is 3.75. The summed E-state index contributed by atoms with van der Waals surface area (Å²) in [6.07, 6.45) is 5.75. The fourth-order valence-corrected chi connectivity index (χ4v) is 5.91. The Bertz CT molecular complexity index is 1310. The van der Waals surface area contributed by atoms with E-state index in [2.05, 4.69) is 23.0 Å². The molecule has 1 N–H and O–H groups in total. The van der Waals surface area contributed by atoms with Crippen LogP contribution in [0.4, 0.5) is 4.39 Å². The third kappa shape index (κ3) is 4.41. The van der Waals surface area contributed by atoms with Gasteiger partial charge in [0.05, 0.1) is 42.2 Å². The molecule has 2 aromatic heterocycles. The molecule has 1 aliphatic carbocycles. The minimum Gasteiger partial charge on any atom is -0.456 e. The van der Waals surface area contributed by atoms with Crippen LogP contribution in [-0.4, -0.2) is 60.2 Å². The van der Waals surface area contributed by atoms with Crippen molar-refractivity contribution in [2.45, 2.75) is 50.4 Å². The van der Waals surface area contributed by atoms with Crippen LogP contribution in [0.25, 0.3) is 17.2 Å². The van der Waals surface area contributed by atoms with E-state index in [1.165, 1.54) is 0 Å². The molecule has 6 rings (SSSR count). The molecule has 1 aromatic carbocycles. The Morgan fingerprint density at radius 3 is 2.92 bits per heavy atom. The molecule has 0 radical (unpaired) electrons. The first-order valence-electron chi connectivity index (χ1n) is 12.4. The number of aromatic amines is 1. The van der Waals surface area contributed by atoms with Gasteiger partial charge in [-0.05, 0) is 54.0 Å². The number of hydrogen-bond donors (Lipinski definition) is 1. The highest BCUT2D eigenvalue weighted by molar-refractivity contribution is 6.31. The second-order valence-electron chi connectivity index (χ2n) is 9.93. The molecule has 0 amide bonds. The van der Waals surface area contributed by atoms with Crippen LogP contribution < -0.4 is 4.74 Å². The second-order valence-corrected chi connectivity index (χ2v) is 10.3. The monoisotopic (exact) mass is 513 g/mol. The number of nitrogens with one attached hydrogen (secondary N) is 1. The van der Waals surface area contributed by atoms with E-state index in [-0.39, 0.29) is 30.0 Å². The maximum atomic E-state index is 15.1. The van der Waals surface area contributed by atoms with E-state index in [1.807, 2.05) is 18.2 Å². The summed E-state index contributed by atoms with van der Waals surface area (Å²) < 4.78 is 38.0. The van der Waals surface area contributed by atoms with Crippen molar-refractivity contribution in [3.8, 4) is 6.01 Å². The lowest BCUT2D eigenvalue weighted by molar-refractivity contribution is 0.0262. The zero-order valence-corrected chi connectivity index (χ0v) is 21.1. The molecule has 4 heterocycles. The third-order valence-corrected chi connectivity index (χ3v) is 7.74. The molecule has 3 aliphatic rings. The van der Waals surface area contributed by atoms with Crippen molar-refractivity contribution >= 4 is 28.8 Å². The summed E-state index contributed by atoms with van der Waals surface area (Å²) in [5, 5.41) is 0.530. The van der Waals surface area contributed by atoms with Crippen LogP contribution >= 0.6 is 11.6 Å². The highest BCUT2D eigenvalue weighted by atomic mass is 35.5. The SMILES string of the molecule is COC/C=C/c1cc(F)c2c(c1)CC[C@@H]2Cc1nc2nc(OC3CO[C@@H]4[C@H](C)CO[C@H]34)[nH]c2cc1Cl. The normalized spacial score (nSPS) is 27.3. The summed E-state index contributed by atoms with van der Waals surface area (Å²) in [5.74, 6) is 0.190. The fourth-order valence-electron chi connectivity index (χ4n) is 5.68. The number of pyridine rings is 1. The van der Waals surface area contributed by atoms with Gasteiger partial charge in [-0.2, -0.15) is 4.98 Å². The van der Waals surface area contributed by atoms with E-state index in [9.17, 15) is 0 Å². The standard InChI is InChI=1S/C27H29ClFN3O4/c1-14-12-34-25-22(13-35-24(14)25)36-27-31-21-11-18(28)20(30-26(21)32-27)10-17-6-5-16-8-15(4-3-7-33-2)9-19(29)23(16)17/h3-4,8-9,11,14,17,22,24-25H,5-7,10,12-13H2,1-2H3,(H,30,31,32)/b4-3+/t14-,17-,22?,24-,25-/m1/s1. The van der Waals surface area contributed by atoms with Crippen molar-refractivity contribution in [2.75, 3.05) is 26.9 Å². The van der Waals surface area contributed by atoms with E-state index in [1.54, 1.807) is 13.2 Å². The number of imidazole rings is 1. The minimum absolute atomic E-state index is 0.0168. The molecule has 3 aromatic rings. The average Bonchev–Trinajstić information content (AvgIpc) is 3.61. The van der Waals surface area contributed by atoms with E-state index < -0.39 is 0 Å². The van der Waals surface area contributed by atoms with Gasteiger partial charge in [0.2, 0.25) is 0 Å². The lowest BCUT2D eigenvalue weighted by Gasteiger charge is -2.15. The maximum absolute atomic E-state index is 15.1. The molecule has 2 saturated heterocycles. The van der Waals surface area contributed by atoms with Crippen LogP contribution in [0.3, 0.4) is 0 Å². The first kappa shape index (κ1) is 23.9. The smallest absolute Gasteiger partial charge is 0.296 e. The van der Waals surface area contributed by atoms with Gasteiger partial charge in [-0.3, -0.25) is 0 Å². The van der Waals surface area contributed by atoms with Crippen molar-refractivity contribution in [2.24, 2.45) is 5.92 Å². The summed E-state index contributed by atoms with van der Waals surface area (Å²) in [5.41, 5.74) is 4.59. The number of methoxy groups -OCH3 is 1. The van der Waals surface area contributed by atoms with Gasteiger partial charge >= 0.3 is 0 Å². The Balaban J connectivity index is 1.20. The number of nitrogens with zero attached hydrogens (tertiary/aromatic N) is 2. The first-order valence-corrected chi connectivity index (χ1v) is 12.8. The van der Waals surface area contributed by atoms with Crippen LogP contribution in [0, 0.1) is 11.7 Å². The van der Waals surface area contributed by atoms with Crippen LogP contribution in [0.2, 0.25) is 5.02 Å². The van der Waals surface area contributed by atoms with Gasteiger partial charge in [-0.25, -0.2) is 9.37 Å². The van der Waals surface area contributed by atoms with Gasteiger partial charge in [0, 0.05) is 13.0 Å². The summed E-state index contributed by atoms with van der Waals surface area (Å²) in [7, 11) is 1.63. The molecule has 5 atom stereocenters. The van der Waals surface area contributed by atoms with Gasteiger partial charge in [-0.1, -0.05) is 36.7 Å². The van der Waals surface area contributed by atoms with Gasteiger partial charge < -0.3 is 23.9 Å². The first-order chi connectivity index (χ1) is 17.5. The topological polar surface area (TPSA) is 78.5 Å². The average molecular weight is 514 g/mol. The van der Waals surface area contributed by atoms with Crippen molar-refractivity contribution in [1.29, 1.82) is 0 Å². The Kier molecular flexibility index (Phi) is 6.46. The highest BCUT2D eigenvalue weighted by Crippen LogP contribution is 2.39. The van der Waals surface area contributed by atoms with Crippen molar-refractivity contribution in [3.05, 3.63) is 57.5 Å². The number of halogens is 2. The Labute approximate surface area is 214 Å². The molecule has 9 heteroatoms. The number of fused-ring (bicyclic) bond motifs is 3. The second kappa shape index (κ2) is 9.74. The van der Waals surface area contributed by atoms with Crippen LogP contribution in [0.5, 0.6) is 6.01 Å². The minimum atomic E-state index is -0.220. The van der Waals surface area contributed by atoms with Crippen LogP contribution in [0.1, 0.15) is 41.6 Å². The molecule has 2 fully saturated rings. The Hall–Kier alpha value is -2.52. The molecule has 7 nitrogen and oxygen atoms in total. The van der Waals surface area contributed by atoms with Crippen molar-refractivity contribution in [1.82, 2.24) is 15.0 Å². The zero-order valence-electron chi connectivity index (χ0n) is 20.3. The number of aromatic nitrogens is 3. The van der Waals surface area contributed by atoms with Gasteiger partial charge in [0.15, 0.2) is 11.8 Å². The third-order valence-electron chi connectivity index (χ3n) is 7.42. The molecule has 1 unspecified atom stereocenters. The van der Waals surface area contributed by atoms with Gasteiger partial charge in [0.25, 0.3) is 6.01 Å². The Morgan fingerprint density at radius 2 is 2.06 bits per heavy atom. The quantitative estimate of drug-likeness (QED) is 0.486. The number of ether oxygens (including phenoxy) is 4. The lowest BCUT2D eigenvalue weighted by Crippen LogP contribution is -2.33. The van der Waals surface area contributed by atoms with Crippen molar-refractivity contribution in [3.63, 3.8) is 0 Å². The largest absolute Gasteiger partial charge is 0.456 e. The molecule has 36 heavy (non-hydrogen) atoms. The van der Waals surface area contributed by atoms with E-state index >= 15 is 4.39 Å². The Morgan fingerprint density at radius 1 is 1.19 bits per heavy atom. The number of rotatable bonds is 7. The molecule has 0 spiro atoms. The summed E-state index contributed by atoms with van der Waals surface area (Å²) in [6, 6.07) is 5.84. The number of H-pyrrole nitrogens is 1. The predicted molar refractivity (Wildman–Crippen MR) is 134 cm³/mol. The molecule has 2 aliphatic heterocycles. The van der Waals surface area contributed by atoms with E-state index in [0.29, 0.717) is 60.1 Å². The van der Waals surface area contributed by atoms with E-state index in [4.69, 9.17) is 35.5 Å². The molecule has 0 saturated carbocycles. The molecule has 0 bridgehead atoms. The highest BCUT2D eigenvalue weighted by Gasteiger charge is 2.47. The lowest BCUT2D eigenvalue weighted by atomic mass is 9.94.